The summed E-state index contributed by atoms with van der Waals surface area (Å²) < 4.78 is 38.9. The lowest BCUT2D eigenvalue weighted by Crippen LogP contribution is -2.33. The Balaban J connectivity index is 1.52. The summed E-state index contributed by atoms with van der Waals surface area (Å²) in [5, 5.41) is 8.78. The lowest BCUT2D eigenvalue weighted by Gasteiger charge is -2.30. The second-order valence-electron chi connectivity index (χ2n) is 8.15. The predicted molar refractivity (Wildman–Crippen MR) is 128 cm³/mol. The highest BCUT2D eigenvalue weighted by atomic mass is 32.2. The Morgan fingerprint density at radius 3 is 2.36 bits per heavy atom. The second-order valence-corrected chi connectivity index (χ2v) is 9.83. The molecule has 174 valence electrons. The van der Waals surface area contributed by atoms with E-state index < -0.39 is 10.0 Å². The van der Waals surface area contributed by atoms with Gasteiger partial charge in [0.15, 0.2) is 17.3 Å². The topological polar surface area (TPSA) is 93.7 Å². The van der Waals surface area contributed by atoms with Gasteiger partial charge >= 0.3 is 0 Å². The van der Waals surface area contributed by atoms with E-state index in [0.29, 0.717) is 22.9 Å². The molecule has 0 unspecified atom stereocenters. The predicted octanol–water partition coefficient (Wildman–Crippen LogP) is 4.20. The van der Waals surface area contributed by atoms with Crippen LogP contribution in [0.4, 0.5) is 11.5 Å². The van der Waals surface area contributed by atoms with Crippen molar-refractivity contribution in [2.24, 2.45) is 5.92 Å². The Hall–Kier alpha value is -3.33. The van der Waals surface area contributed by atoms with Crippen LogP contribution in [0.15, 0.2) is 59.5 Å². The molecule has 0 atom stereocenters. The number of hydrogen-bond acceptors (Lipinski definition) is 7. The van der Waals surface area contributed by atoms with Gasteiger partial charge in [-0.1, -0.05) is 19.1 Å². The number of ether oxygens (including phenoxy) is 2. The number of anilines is 2. The van der Waals surface area contributed by atoms with Gasteiger partial charge in [0.25, 0.3) is 10.0 Å². The number of nitrogens with one attached hydrogen (secondary N) is 1. The quantitative estimate of drug-likeness (QED) is 0.555. The van der Waals surface area contributed by atoms with Crippen LogP contribution in [0.5, 0.6) is 11.5 Å². The van der Waals surface area contributed by atoms with Crippen LogP contribution in [0, 0.1) is 5.92 Å². The third-order valence-electron chi connectivity index (χ3n) is 5.83. The zero-order valence-electron chi connectivity index (χ0n) is 19.0. The van der Waals surface area contributed by atoms with Gasteiger partial charge in [-0.15, -0.1) is 10.2 Å². The molecule has 1 aromatic heterocycles. The molecule has 33 heavy (non-hydrogen) atoms. The van der Waals surface area contributed by atoms with Crippen molar-refractivity contribution in [2.75, 3.05) is 36.9 Å². The molecule has 1 fully saturated rings. The molecule has 1 saturated heterocycles. The first-order chi connectivity index (χ1) is 15.9. The number of aromatic nitrogens is 2. The van der Waals surface area contributed by atoms with Crippen LogP contribution in [0.3, 0.4) is 0 Å². The van der Waals surface area contributed by atoms with Gasteiger partial charge in [-0.3, -0.25) is 4.72 Å². The SMILES string of the molecule is COc1ccc(S(=O)(=O)Nc2cccc(-c3ccc(N4CCC(C)CC4)nn3)c2)cc1OC. The summed E-state index contributed by atoms with van der Waals surface area (Å²) in [7, 11) is -0.864. The number of sulfonamides is 1. The Bertz CT molecular complexity index is 1210. The highest BCUT2D eigenvalue weighted by Crippen LogP contribution is 2.31. The van der Waals surface area contributed by atoms with Gasteiger partial charge in [0.05, 0.1) is 24.8 Å². The minimum Gasteiger partial charge on any atom is -0.493 e. The van der Waals surface area contributed by atoms with E-state index in [2.05, 4.69) is 26.7 Å². The summed E-state index contributed by atoms with van der Waals surface area (Å²) in [6.45, 7) is 4.25. The molecule has 0 radical (unpaired) electrons. The number of piperidine rings is 1. The van der Waals surface area contributed by atoms with Crippen LogP contribution < -0.4 is 19.1 Å². The number of hydrogen-bond donors (Lipinski definition) is 1. The molecular formula is C24H28N4O4S. The van der Waals surface area contributed by atoms with Gasteiger partial charge in [0.1, 0.15) is 0 Å². The lowest BCUT2D eigenvalue weighted by atomic mass is 9.99. The Morgan fingerprint density at radius 2 is 1.70 bits per heavy atom. The first-order valence-electron chi connectivity index (χ1n) is 10.8. The first kappa shape index (κ1) is 22.8. The largest absolute Gasteiger partial charge is 0.493 e. The van der Waals surface area contributed by atoms with Crippen LogP contribution in [-0.2, 0) is 10.0 Å². The van der Waals surface area contributed by atoms with Gasteiger partial charge < -0.3 is 14.4 Å². The van der Waals surface area contributed by atoms with Crippen LogP contribution in [0.25, 0.3) is 11.3 Å². The molecule has 1 aliphatic heterocycles. The fourth-order valence-electron chi connectivity index (χ4n) is 3.83. The first-order valence-corrected chi connectivity index (χ1v) is 12.3. The van der Waals surface area contributed by atoms with Crippen molar-refractivity contribution in [3.8, 4) is 22.8 Å². The third-order valence-corrected chi connectivity index (χ3v) is 7.21. The summed E-state index contributed by atoms with van der Waals surface area (Å²) in [6, 6.07) is 15.4. The van der Waals surface area contributed by atoms with E-state index in [1.807, 2.05) is 18.2 Å². The molecule has 2 aromatic carbocycles. The summed E-state index contributed by atoms with van der Waals surface area (Å²) in [5.74, 6) is 2.42. The third kappa shape index (κ3) is 5.19. The fraction of sp³-hybridized carbons (Fsp3) is 0.333. The summed E-state index contributed by atoms with van der Waals surface area (Å²) in [4.78, 5) is 2.33. The maximum atomic E-state index is 12.9. The molecule has 0 bridgehead atoms. The van der Waals surface area contributed by atoms with Crippen molar-refractivity contribution in [1.82, 2.24) is 10.2 Å². The van der Waals surface area contributed by atoms with E-state index in [-0.39, 0.29) is 4.90 Å². The normalized spacial score (nSPS) is 14.7. The van der Waals surface area contributed by atoms with Crippen LogP contribution in [0.1, 0.15) is 19.8 Å². The standard InChI is InChI=1S/C24H28N4O4S/c1-17-11-13-28(14-12-17)24-10-8-21(25-26-24)18-5-4-6-19(15-18)27-33(29,30)20-7-9-22(31-2)23(16-20)32-3/h4-10,15-17,27H,11-14H2,1-3H3. The maximum absolute atomic E-state index is 12.9. The van der Waals surface area contributed by atoms with Crippen LogP contribution in [-0.4, -0.2) is 45.9 Å². The molecule has 8 nitrogen and oxygen atoms in total. The molecule has 3 aromatic rings. The lowest BCUT2D eigenvalue weighted by molar-refractivity contribution is 0.354. The zero-order chi connectivity index (χ0) is 23.4. The average molecular weight is 469 g/mol. The summed E-state index contributed by atoms with van der Waals surface area (Å²) in [6.07, 6.45) is 2.32. The molecule has 0 amide bonds. The van der Waals surface area contributed by atoms with Gasteiger partial charge in [0.2, 0.25) is 0 Å². The number of rotatable bonds is 7. The molecule has 2 heterocycles. The molecule has 0 saturated carbocycles. The number of methoxy groups -OCH3 is 2. The number of nitrogens with zero attached hydrogens (tertiary/aromatic N) is 3. The van der Waals surface area contributed by atoms with Gasteiger partial charge in [0, 0.05) is 30.4 Å². The van der Waals surface area contributed by atoms with E-state index in [1.165, 1.54) is 26.4 Å². The van der Waals surface area contributed by atoms with Crippen molar-refractivity contribution in [3.05, 3.63) is 54.6 Å². The molecule has 0 aliphatic carbocycles. The molecular weight excluding hydrogens is 440 g/mol. The smallest absolute Gasteiger partial charge is 0.262 e. The van der Waals surface area contributed by atoms with E-state index in [9.17, 15) is 8.42 Å². The highest BCUT2D eigenvalue weighted by molar-refractivity contribution is 7.92. The van der Waals surface area contributed by atoms with E-state index >= 15 is 0 Å². The van der Waals surface area contributed by atoms with E-state index in [1.54, 1.807) is 24.3 Å². The van der Waals surface area contributed by atoms with E-state index in [0.717, 1.165) is 43.2 Å². The Kier molecular flexibility index (Phi) is 6.69. The molecule has 9 heteroatoms. The molecule has 1 aliphatic rings. The van der Waals surface area contributed by atoms with Crippen LogP contribution >= 0.6 is 0 Å². The minimum absolute atomic E-state index is 0.0746. The van der Waals surface area contributed by atoms with E-state index in [4.69, 9.17) is 9.47 Å². The van der Waals surface area contributed by atoms with Crippen LogP contribution in [0.2, 0.25) is 0 Å². The zero-order valence-corrected chi connectivity index (χ0v) is 19.8. The number of benzene rings is 2. The minimum atomic E-state index is -3.82. The van der Waals surface area contributed by atoms with Gasteiger partial charge in [-0.25, -0.2) is 8.42 Å². The molecule has 1 N–H and O–H groups in total. The molecule has 0 spiro atoms. The molecule has 4 rings (SSSR count). The Labute approximate surface area is 194 Å². The maximum Gasteiger partial charge on any atom is 0.262 e. The van der Waals surface area contributed by atoms with Gasteiger partial charge in [-0.2, -0.15) is 0 Å². The highest BCUT2D eigenvalue weighted by Gasteiger charge is 2.19. The van der Waals surface area contributed by atoms with Gasteiger partial charge in [-0.05, 0) is 55.2 Å². The summed E-state index contributed by atoms with van der Waals surface area (Å²) in [5.41, 5.74) is 1.88. The average Bonchev–Trinajstić information content (AvgIpc) is 2.84. The fourth-order valence-corrected chi connectivity index (χ4v) is 4.89. The van der Waals surface area contributed by atoms with Crippen molar-refractivity contribution >= 4 is 21.5 Å². The summed E-state index contributed by atoms with van der Waals surface area (Å²) >= 11 is 0. The second kappa shape index (κ2) is 9.66. The van der Waals surface area contributed by atoms with Crippen molar-refractivity contribution in [3.63, 3.8) is 0 Å². The Morgan fingerprint density at radius 1 is 0.939 bits per heavy atom. The van der Waals surface area contributed by atoms with Crippen molar-refractivity contribution in [2.45, 2.75) is 24.7 Å². The van der Waals surface area contributed by atoms with Crippen molar-refractivity contribution < 1.29 is 17.9 Å². The van der Waals surface area contributed by atoms with Crippen molar-refractivity contribution in [1.29, 1.82) is 0 Å². The monoisotopic (exact) mass is 468 g/mol.